The highest BCUT2D eigenvalue weighted by atomic mass is 16.2. The Kier molecular flexibility index (Phi) is 4.16. The van der Waals surface area contributed by atoms with Gasteiger partial charge in [0.05, 0.1) is 0 Å². The number of amides is 1. The largest absolute Gasteiger partial charge is 0.399 e. The van der Waals surface area contributed by atoms with Crippen LogP contribution in [0.4, 0.5) is 11.4 Å². The molecule has 15 heavy (non-hydrogen) atoms. The van der Waals surface area contributed by atoms with Crippen molar-refractivity contribution >= 4 is 17.3 Å². The minimum Gasteiger partial charge on any atom is -0.399 e. The second-order valence-corrected chi connectivity index (χ2v) is 3.65. The van der Waals surface area contributed by atoms with Gasteiger partial charge in [-0.1, -0.05) is 13.3 Å². The molecule has 1 amide bonds. The Balaban J connectivity index is 2.63. The van der Waals surface area contributed by atoms with E-state index in [2.05, 4.69) is 6.92 Å². The summed E-state index contributed by atoms with van der Waals surface area (Å²) in [5.74, 6) is 0.154. The smallest absolute Gasteiger partial charge is 0.226 e. The Bertz CT molecular complexity index is 319. The zero-order chi connectivity index (χ0) is 11.3. The van der Waals surface area contributed by atoms with Crippen LogP contribution >= 0.6 is 0 Å². The molecule has 2 N–H and O–H groups in total. The minimum atomic E-state index is 0.154. The Morgan fingerprint density at radius 2 is 1.93 bits per heavy atom. The molecule has 1 aromatic carbocycles. The number of rotatable bonds is 4. The lowest BCUT2D eigenvalue weighted by Crippen LogP contribution is -2.25. The first kappa shape index (κ1) is 11.6. The van der Waals surface area contributed by atoms with Crippen molar-refractivity contribution in [2.45, 2.75) is 26.2 Å². The van der Waals surface area contributed by atoms with Crippen molar-refractivity contribution in [3.63, 3.8) is 0 Å². The summed E-state index contributed by atoms with van der Waals surface area (Å²) in [5, 5.41) is 0. The molecule has 1 rings (SSSR count). The molecular formula is C12H18N2O. The number of anilines is 2. The zero-order valence-corrected chi connectivity index (χ0v) is 9.36. The van der Waals surface area contributed by atoms with Crippen LogP contribution in [0.1, 0.15) is 26.2 Å². The van der Waals surface area contributed by atoms with Crippen molar-refractivity contribution < 1.29 is 4.79 Å². The Hall–Kier alpha value is -1.51. The second kappa shape index (κ2) is 5.39. The molecule has 0 bridgehead atoms. The van der Waals surface area contributed by atoms with E-state index in [0.29, 0.717) is 12.1 Å². The van der Waals surface area contributed by atoms with E-state index in [1.165, 1.54) is 0 Å². The van der Waals surface area contributed by atoms with Crippen LogP contribution in [0, 0.1) is 0 Å². The number of carbonyl (C=O) groups is 1. The molecule has 0 aliphatic carbocycles. The van der Waals surface area contributed by atoms with Gasteiger partial charge in [-0.25, -0.2) is 0 Å². The van der Waals surface area contributed by atoms with Crippen molar-refractivity contribution in [3.05, 3.63) is 24.3 Å². The van der Waals surface area contributed by atoms with E-state index in [1.54, 1.807) is 24.1 Å². The van der Waals surface area contributed by atoms with Crippen molar-refractivity contribution in [1.29, 1.82) is 0 Å². The van der Waals surface area contributed by atoms with Gasteiger partial charge in [0, 0.05) is 24.8 Å². The predicted octanol–water partition coefficient (Wildman–Crippen LogP) is 2.42. The highest BCUT2D eigenvalue weighted by Gasteiger charge is 2.09. The van der Waals surface area contributed by atoms with E-state index in [-0.39, 0.29) is 5.91 Å². The molecule has 0 saturated carbocycles. The third-order valence-electron chi connectivity index (χ3n) is 2.40. The maximum atomic E-state index is 11.7. The number of nitrogen functional groups attached to an aromatic ring is 1. The molecule has 0 aliphatic rings. The molecule has 3 nitrogen and oxygen atoms in total. The van der Waals surface area contributed by atoms with Crippen LogP contribution in [0.25, 0.3) is 0 Å². The van der Waals surface area contributed by atoms with Gasteiger partial charge in [0.15, 0.2) is 0 Å². The molecule has 0 fully saturated rings. The van der Waals surface area contributed by atoms with Crippen LogP contribution in [0.3, 0.4) is 0 Å². The van der Waals surface area contributed by atoms with Gasteiger partial charge in [0.2, 0.25) is 5.91 Å². The SMILES string of the molecule is CCCCC(=O)N(C)c1ccc(N)cc1. The topological polar surface area (TPSA) is 46.3 Å². The molecule has 0 unspecified atom stereocenters. The first-order valence-corrected chi connectivity index (χ1v) is 5.27. The number of nitrogens with two attached hydrogens (primary N) is 1. The molecule has 0 saturated heterocycles. The molecule has 0 spiro atoms. The maximum Gasteiger partial charge on any atom is 0.226 e. The Morgan fingerprint density at radius 1 is 1.33 bits per heavy atom. The fourth-order valence-electron chi connectivity index (χ4n) is 1.34. The van der Waals surface area contributed by atoms with E-state index < -0.39 is 0 Å². The summed E-state index contributed by atoms with van der Waals surface area (Å²) in [6.45, 7) is 2.08. The van der Waals surface area contributed by atoms with E-state index in [1.807, 2.05) is 12.1 Å². The monoisotopic (exact) mass is 206 g/mol. The van der Waals surface area contributed by atoms with Crippen molar-refractivity contribution in [2.75, 3.05) is 17.7 Å². The normalized spacial score (nSPS) is 10.0. The van der Waals surface area contributed by atoms with Gasteiger partial charge in [-0.15, -0.1) is 0 Å². The maximum absolute atomic E-state index is 11.7. The average molecular weight is 206 g/mol. The summed E-state index contributed by atoms with van der Waals surface area (Å²) in [4.78, 5) is 13.4. The van der Waals surface area contributed by atoms with Crippen molar-refractivity contribution in [1.82, 2.24) is 0 Å². The molecule has 1 aromatic rings. The highest BCUT2D eigenvalue weighted by molar-refractivity contribution is 5.92. The van der Waals surface area contributed by atoms with Gasteiger partial charge in [-0.2, -0.15) is 0 Å². The highest BCUT2D eigenvalue weighted by Crippen LogP contribution is 2.16. The quantitative estimate of drug-likeness (QED) is 0.769. The molecule has 82 valence electrons. The third-order valence-corrected chi connectivity index (χ3v) is 2.40. The molecule has 3 heteroatoms. The summed E-state index contributed by atoms with van der Waals surface area (Å²) < 4.78 is 0. The fourth-order valence-corrected chi connectivity index (χ4v) is 1.34. The van der Waals surface area contributed by atoms with Gasteiger partial charge in [-0.05, 0) is 30.7 Å². The number of nitrogens with zero attached hydrogens (tertiary/aromatic N) is 1. The second-order valence-electron chi connectivity index (χ2n) is 3.65. The van der Waals surface area contributed by atoms with Crippen LogP contribution in [0.2, 0.25) is 0 Å². The lowest BCUT2D eigenvalue weighted by Gasteiger charge is -2.17. The molecule has 0 aliphatic heterocycles. The first-order chi connectivity index (χ1) is 7.15. The lowest BCUT2D eigenvalue weighted by molar-refractivity contribution is -0.118. The summed E-state index contributed by atoms with van der Waals surface area (Å²) in [6.07, 6.45) is 2.59. The van der Waals surface area contributed by atoms with E-state index in [4.69, 9.17) is 5.73 Å². The molecule has 0 atom stereocenters. The fraction of sp³-hybridized carbons (Fsp3) is 0.417. The molecule has 0 radical (unpaired) electrons. The zero-order valence-electron chi connectivity index (χ0n) is 9.36. The van der Waals surface area contributed by atoms with Crippen LogP contribution < -0.4 is 10.6 Å². The van der Waals surface area contributed by atoms with E-state index >= 15 is 0 Å². The van der Waals surface area contributed by atoms with Crippen LogP contribution in [0.5, 0.6) is 0 Å². The summed E-state index contributed by atoms with van der Waals surface area (Å²) in [7, 11) is 1.80. The summed E-state index contributed by atoms with van der Waals surface area (Å²) in [5.41, 5.74) is 7.19. The van der Waals surface area contributed by atoms with Gasteiger partial charge in [0.25, 0.3) is 0 Å². The minimum absolute atomic E-state index is 0.154. The first-order valence-electron chi connectivity index (χ1n) is 5.27. The van der Waals surface area contributed by atoms with Crippen LogP contribution in [-0.4, -0.2) is 13.0 Å². The lowest BCUT2D eigenvalue weighted by atomic mass is 10.2. The van der Waals surface area contributed by atoms with Crippen molar-refractivity contribution in [3.8, 4) is 0 Å². The standard InChI is InChI=1S/C12H18N2O/c1-3-4-5-12(15)14(2)11-8-6-10(13)7-9-11/h6-9H,3-5,13H2,1-2H3. The number of carbonyl (C=O) groups excluding carboxylic acids is 1. The third kappa shape index (κ3) is 3.27. The number of hydrogen-bond acceptors (Lipinski definition) is 2. The Labute approximate surface area is 90.9 Å². The van der Waals surface area contributed by atoms with Gasteiger partial charge >= 0.3 is 0 Å². The Morgan fingerprint density at radius 3 is 2.47 bits per heavy atom. The molecule has 0 aromatic heterocycles. The van der Waals surface area contributed by atoms with E-state index in [0.717, 1.165) is 18.5 Å². The average Bonchev–Trinajstić information content (AvgIpc) is 2.26. The van der Waals surface area contributed by atoms with Crippen LogP contribution in [-0.2, 0) is 4.79 Å². The summed E-state index contributed by atoms with van der Waals surface area (Å²) in [6, 6.07) is 7.33. The number of hydrogen-bond donors (Lipinski definition) is 1. The number of benzene rings is 1. The van der Waals surface area contributed by atoms with Crippen molar-refractivity contribution in [2.24, 2.45) is 0 Å². The molecular weight excluding hydrogens is 188 g/mol. The molecule has 0 heterocycles. The number of unbranched alkanes of at least 4 members (excludes halogenated alkanes) is 1. The van der Waals surface area contributed by atoms with E-state index in [9.17, 15) is 4.79 Å². The van der Waals surface area contributed by atoms with Gasteiger partial charge in [0.1, 0.15) is 0 Å². The summed E-state index contributed by atoms with van der Waals surface area (Å²) >= 11 is 0. The van der Waals surface area contributed by atoms with Gasteiger partial charge < -0.3 is 10.6 Å². The van der Waals surface area contributed by atoms with Gasteiger partial charge in [-0.3, -0.25) is 4.79 Å². The van der Waals surface area contributed by atoms with Crippen LogP contribution in [0.15, 0.2) is 24.3 Å². The predicted molar refractivity (Wildman–Crippen MR) is 63.8 cm³/mol.